The first kappa shape index (κ1) is 18.0. The maximum absolute atomic E-state index is 13.3. The Kier molecular flexibility index (Phi) is 5.27. The third-order valence-electron chi connectivity index (χ3n) is 3.87. The van der Waals surface area contributed by atoms with Crippen molar-refractivity contribution >= 4 is 17.2 Å². The quantitative estimate of drug-likeness (QED) is 0.711. The molecular weight excluding hydrogens is 358 g/mol. The third kappa shape index (κ3) is 3.88. The van der Waals surface area contributed by atoms with Gasteiger partial charge in [0, 0.05) is 10.9 Å². The van der Waals surface area contributed by atoms with Gasteiger partial charge in [0.15, 0.2) is 11.6 Å². The van der Waals surface area contributed by atoms with Crippen LogP contribution in [-0.4, -0.2) is 18.0 Å². The molecule has 1 aromatic heterocycles. The molecule has 0 spiro atoms. The number of hydrogen-bond donors (Lipinski definition) is 1. The van der Waals surface area contributed by atoms with Crippen molar-refractivity contribution < 1.29 is 18.3 Å². The molecule has 0 fully saturated rings. The first-order chi connectivity index (χ1) is 12.5. The highest BCUT2D eigenvalue weighted by atomic mass is 32.1. The van der Waals surface area contributed by atoms with Crippen LogP contribution in [0.2, 0.25) is 0 Å². The van der Waals surface area contributed by atoms with Crippen LogP contribution in [0.15, 0.2) is 47.8 Å². The normalized spacial score (nSPS) is 11.8. The van der Waals surface area contributed by atoms with Crippen molar-refractivity contribution in [2.24, 2.45) is 0 Å². The highest BCUT2D eigenvalue weighted by Gasteiger charge is 2.16. The predicted octanol–water partition coefficient (Wildman–Crippen LogP) is 4.59. The summed E-state index contributed by atoms with van der Waals surface area (Å²) in [6.45, 7) is 1.70. The fraction of sp³-hybridized carbons (Fsp3) is 0.158. The van der Waals surface area contributed by atoms with Gasteiger partial charge in [0.05, 0.1) is 13.2 Å². The number of carbonyl (C=O) groups excluding carboxylic acids is 1. The Labute approximate surface area is 153 Å². The molecule has 1 N–H and O–H groups in total. The number of benzene rings is 2. The van der Waals surface area contributed by atoms with Crippen LogP contribution < -0.4 is 10.1 Å². The average Bonchev–Trinajstić information content (AvgIpc) is 3.14. The lowest BCUT2D eigenvalue weighted by Gasteiger charge is -2.13. The number of nitrogens with zero attached hydrogens (tertiary/aromatic N) is 1. The molecule has 0 aliphatic heterocycles. The van der Waals surface area contributed by atoms with Gasteiger partial charge < -0.3 is 10.1 Å². The predicted molar refractivity (Wildman–Crippen MR) is 96.3 cm³/mol. The third-order valence-corrected chi connectivity index (χ3v) is 4.76. The summed E-state index contributed by atoms with van der Waals surface area (Å²) in [5.41, 5.74) is 1.63. The van der Waals surface area contributed by atoms with Gasteiger partial charge in [-0.3, -0.25) is 4.79 Å². The molecule has 0 radical (unpaired) electrons. The molecule has 1 unspecified atom stereocenters. The Hall–Kier alpha value is -2.80. The van der Waals surface area contributed by atoms with Gasteiger partial charge in [0.2, 0.25) is 0 Å². The van der Waals surface area contributed by atoms with E-state index in [1.54, 1.807) is 19.4 Å². The molecule has 7 heteroatoms. The molecule has 0 aliphatic carbocycles. The van der Waals surface area contributed by atoms with Crippen molar-refractivity contribution in [1.29, 1.82) is 0 Å². The van der Waals surface area contributed by atoms with Gasteiger partial charge in [-0.05, 0) is 48.9 Å². The average molecular weight is 374 g/mol. The smallest absolute Gasteiger partial charge is 0.271 e. The minimum atomic E-state index is -0.945. The summed E-state index contributed by atoms with van der Waals surface area (Å²) < 4.78 is 31.5. The zero-order valence-corrected chi connectivity index (χ0v) is 14.9. The Morgan fingerprint density at radius 2 is 1.88 bits per heavy atom. The molecule has 0 saturated carbocycles. The lowest BCUT2D eigenvalue weighted by atomic mass is 10.1. The van der Waals surface area contributed by atoms with E-state index in [-0.39, 0.29) is 11.6 Å². The minimum absolute atomic E-state index is 0.273. The fourth-order valence-electron chi connectivity index (χ4n) is 2.38. The van der Waals surface area contributed by atoms with E-state index >= 15 is 0 Å². The van der Waals surface area contributed by atoms with E-state index in [2.05, 4.69) is 10.3 Å². The van der Waals surface area contributed by atoms with Gasteiger partial charge in [-0.1, -0.05) is 6.07 Å². The number of ether oxygens (including phenoxy) is 1. The number of halogens is 2. The van der Waals surface area contributed by atoms with Crippen molar-refractivity contribution in [2.75, 3.05) is 7.11 Å². The molecule has 1 heterocycles. The van der Waals surface area contributed by atoms with Crippen molar-refractivity contribution in [3.8, 4) is 16.3 Å². The van der Waals surface area contributed by atoms with Gasteiger partial charge in [-0.2, -0.15) is 0 Å². The summed E-state index contributed by atoms with van der Waals surface area (Å²) in [4.78, 5) is 16.7. The molecule has 134 valence electrons. The zero-order chi connectivity index (χ0) is 18.7. The van der Waals surface area contributed by atoms with Gasteiger partial charge in [-0.25, -0.2) is 13.8 Å². The van der Waals surface area contributed by atoms with E-state index in [0.717, 1.165) is 23.4 Å². The van der Waals surface area contributed by atoms with Gasteiger partial charge in [0.25, 0.3) is 5.91 Å². The van der Waals surface area contributed by atoms with Crippen LogP contribution in [0.1, 0.15) is 29.0 Å². The number of hydrogen-bond acceptors (Lipinski definition) is 4. The second-order valence-electron chi connectivity index (χ2n) is 5.64. The van der Waals surface area contributed by atoms with Crippen LogP contribution in [0.25, 0.3) is 10.6 Å². The van der Waals surface area contributed by atoms with E-state index in [9.17, 15) is 13.6 Å². The molecule has 26 heavy (non-hydrogen) atoms. The fourth-order valence-corrected chi connectivity index (χ4v) is 3.19. The summed E-state index contributed by atoms with van der Waals surface area (Å²) in [6.07, 6.45) is 0. The van der Waals surface area contributed by atoms with E-state index in [4.69, 9.17) is 4.74 Å². The van der Waals surface area contributed by atoms with Crippen LogP contribution in [0.4, 0.5) is 8.78 Å². The van der Waals surface area contributed by atoms with Crippen molar-refractivity contribution in [1.82, 2.24) is 10.3 Å². The SMILES string of the molecule is COc1ccc(-c2nc(C(=O)NC(C)c3ccc(F)c(F)c3)cs2)cc1. The maximum Gasteiger partial charge on any atom is 0.271 e. The number of rotatable bonds is 5. The summed E-state index contributed by atoms with van der Waals surface area (Å²) >= 11 is 1.35. The summed E-state index contributed by atoms with van der Waals surface area (Å²) in [7, 11) is 1.59. The maximum atomic E-state index is 13.3. The van der Waals surface area contributed by atoms with Crippen LogP contribution in [0, 0.1) is 11.6 Å². The number of aromatic nitrogens is 1. The monoisotopic (exact) mass is 374 g/mol. The molecule has 0 bridgehead atoms. The first-order valence-corrected chi connectivity index (χ1v) is 8.71. The number of amides is 1. The molecule has 3 aromatic rings. The second kappa shape index (κ2) is 7.61. The van der Waals surface area contributed by atoms with Gasteiger partial charge in [0.1, 0.15) is 16.5 Å². The lowest BCUT2D eigenvalue weighted by molar-refractivity contribution is 0.0935. The Balaban J connectivity index is 1.71. The molecule has 0 saturated heterocycles. The van der Waals surface area contributed by atoms with Crippen molar-refractivity contribution in [2.45, 2.75) is 13.0 Å². The van der Waals surface area contributed by atoms with E-state index < -0.39 is 17.7 Å². The summed E-state index contributed by atoms with van der Waals surface area (Å²) in [6, 6.07) is 10.4. The summed E-state index contributed by atoms with van der Waals surface area (Å²) in [5.74, 6) is -1.50. The molecule has 1 atom stereocenters. The second-order valence-corrected chi connectivity index (χ2v) is 6.49. The Bertz CT molecular complexity index is 926. The molecule has 2 aromatic carbocycles. The zero-order valence-electron chi connectivity index (χ0n) is 14.1. The Morgan fingerprint density at radius 3 is 2.54 bits per heavy atom. The number of methoxy groups -OCH3 is 1. The van der Waals surface area contributed by atoms with Gasteiger partial charge >= 0.3 is 0 Å². The topological polar surface area (TPSA) is 51.2 Å². The molecule has 1 amide bonds. The van der Waals surface area contributed by atoms with E-state index in [1.807, 2.05) is 24.3 Å². The van der Waals surface area contributed by atoms with Crippen LogP contribution in [0.5, 0.6) is 5.75 Å². The van der Waals surface area contributed by atoms with Crippen LogP contribution in [-0.2, 0) is 0 Å². The first-order valence-electron chi connectivity index (χ1n) is 7.83. The highest BCUT2D eigenvalue weighted by molar-refractivity contribution is 7.13. The number of nitrogens with one attached hydrogen (secondary N) is 1. The van der Waals surface area contributed by atoms with Crippen molar-refractivity contribution in [3.63, 3.8) is 0 Å². The molecular formula is C19H16F2N2O2S. The number of thiazole rings is 1. The standard InChI is InChI=1S/C19H16F2N2O2S/c1-11(13-5-8-15(20)16(21)9-13)22-18(24)17-10-26-19(23-17)12-3-6-14(25-2)7-4-12/h3-11H,1-2H3,(H,22,24). The van der Waals surface area contributed by atoms with Crippen LogP contribution >= 0.6 is 11.3 Å². The Morgan fingerprint density at radius 1 is 1.15 bits per heavy atom. The molecule has 4 nitrogen and oxygen atoms in total. The van der Waals surface area contributed by atoms with Gasteiger partial charge in [-0.15, -0.1) is 11.3 Å². The van der Waals surface area contributed by atoms with E-state index in [1.165, 1.54) is 17.4 Å². The van der Waals surface area contributed by atoms with Crippen LogP contribution in [0.3, 0.4) is 0 Å². The highest BCUT2D eigenvalue weighted by Crippen LogP contribution is 2.26. The van der Waals surface area contributed by atoms with E-state index in [0.29, 0.717) is 10.6 Å². The van der Waals surface area contributed by atoms with Crippen molar-refractivity contribution in [3.05, 3.63) is 70.7 Å². The largest absolute Gasteiger partial charge is 0.497 e. The number of carbonyl (C=O) groups is 1. The lowest BCUT2D eigenvalue weighted by Crippen LogP contribution is -2.27. The molecule has 0 aliphatic rings. The minimum Gasteiger partial charge on any atom is -0.497 e. The molecule has 3 rings (SSSR count). The summed E-state index contributed by atoms with van der Waals surface area (Å²) in [5, 5.41) is 5.10.